The van der Waals surface area contributed by atoms with Crippen LogP contribution in [-0.2, 0) is 4.79 Å². The second-order valence-electron chi connectivity index (χ2n) is 5.59. The normalized spacial score (nSPS) is 13.9. The molecule has 0 aromatic carbocycles. The van der Waals surface area contributed by atoms with E-state index in [4.69, 9.17) is 10.8 Å². The third-order valence-corrected chi connectivity index (χ3v) is 2.59. The van der Waals surface area contributed by atoms with Crippen molar-refractivity contribution >= 4 is 5.91 Å². The smallest absolute Gasteiger partial charge is 0.236 e. The summed E-state index contributed by atoms with van der Waals surface area (Å²) in [5, 5.41) is 11.7. The van der Waals surface area contributed by atoms with Gasteiger partial charge in [-0.25, -0.2) is 0 Å². The van der Waals surface area contributed by atoms with Crippen LogP contribution in [0.5, 0.6) is 0 Å². The van der Waals surface area contributed by atoms with Crippen molar-refractivity contribution in [3.8, 4) is 0 Å². The van der Waals surface area contributed by atoms with Crippen LogP contribution in [0.4, 0.5) is 0 Å². The molecule has 0 aliphatic rings. The van der Waals surface area contributed by atoms with E-state index in [0.29, 0.717) is 25.3 Å². The first kappa shape index (κ1) is 15.4. The quantitative estimate of drug-likeness (QED) is 0.608. The number of nitrogens with one attached hydrogen (secondary N) is 1. The van der Waals surface area contributed by atoms with E-state index in [1.54, 1.807) is 0 Å². The summed E-state index contributed by atoms with van der Waals surface area (Å²) < 4.78 is 0. The Hall–Kier alpha value is -0.610. The van der Waals surface area contributed by atoms with Gasteiger partial charge in [-0.2, -0.15) is 0 Å². The van der Waals surface area contributed by atoms with Crippen LogP contribution >= 0.6 is 0 Å². The maximum Gasteiger partial charge on any atom is 0.236 e. The summed E-state index contributed by atoms with van der Waals surface area (Å²) in [5.74, 6) is 0.325. The predicted molar refractivity (Wildman–Crippen MR) is 65.9 cm³/mol. The van der Waals surface area contributed by atoms with Crippen LogP contribution in [-0.4, -0.2) is 30.2 Å². The minimum absolute atomic E-state index is 0.0814. The Morgan fingerprint density at radius 3 is 2.44 bits per heavy atom. The van der Waals surface area contributed by atoms with Crippen LogP contribution < -0.4 is 11.1 Å². The minimum Gasteiger partial charge on any atom is -0.396 e. The van der Waals surface area contributed by atoms with Crippen molar-refractivity contribution in [2.24, 2.45) is 17.1 Å². The van der Waals surface area contributed by atoms with E-state index in [1.807, 2.05) is 27.7 Å². The van der Waals surface area contributed by atoms with Crippen molar-refractivity contribution in [2.75, 3.05) is 13.2 Å². The highest BCUT2D eigenvalue weighted by Crippen LogP contribution is 2.18. The topological polar surface area (TPSA) is 75.4 Å². The SMILES string of the molecule is CC(C)C[C@H](N)C(=O)NCC(C)(C)CCO. The van der Waals surface area contributed by atoms with Gasteiger partial charge in [0, 0.05) is 13.2 Å². The van der Waals surface area contributed by atoms with Gasteiger partial charge in [-0.15, -0.1) is 0 Å². The molecule has 4 heteroatoms. The molecule has 4 N–H and O–H groups in total. The molecule has 0 fully saturated rings. The lowest BCUT2D eigenvalue weighted by molar-refractivity contribution is -0.123. The van der Waals surface area contributed by atoms with Crippen LogP contribution in [0.2, 0.25) is 0 Å². The lowest BCUT2D eigenvalue weighted by Gasteiger charge is -2.25. The highest BCUT2D eigenvalue weighted by atomic mass is 16.3. The molecule has 0 aromatic rings. The van der Waals surface area contributed by atoms with Gasteiger partial charge >= 0.3 is 0 Å². The number of aliphatic hydroxyl groups is 1. The van der Waals surface area contributed by atoms with Gasteiger partial charge < -0.3 is 16.2 Å². The largest absolute Gasteiger partial charge is 0.396 e. The van der Waals surface area contributed by atoms with Gasteiger partial charge in [0.05, 0.1) is 6.04 Å². The first-order chi connectivity index (χ1) is 7.28. The molecule has 0 aromatic heterocycles. The molecule has 16 heavy (non-hydrogen) atoms. The molecule has 0 radical (unpaired) electrons. The fraction of sp³-hybridized carbons (Fsp3) is 0.917. The number of carbonyl (C=O) groups is 1. The van der Waals surface area contributed by atoms with E-state index in [2.05, 4.69) is 5.32 Å². The Labute approximate surface area is 98.6 Å². The molecular formula is C12H26N2O2. The zero-order valence-corrected chi connectivity index (χ0v) is 10.9. The Balaban J connectivity index is 3.97. The van der Waals surface area contributed by atoms with Gasteiger partial charge in [0.2, 0.25) is 5.91 Å². The average molecular weight is 230 g/mol. The average Bonchev–Trinajstić information content (AvgIpc) is 2.13. The summed E-state index contributed by atoms with van der Waals surface area (Å²) >= 11 is 0. The van der Waals surface area contributed by atoms with Crippen molar-refractivity contribution in [1.29, 1.82) is 0 Å². The summed E-state index contributed by atoms with van der Waals surface area (Å²) in [7, 11) is 0. The van der Waals surface area contributed by atoms with E-state index in [-0.39, 0.29) is 17.9 Å². The number of nitrogens with two attached hydrogens (primary N) is 1. The number of amides is 1. The van der Waals surface area contributed by atoms with Gasteiger partial charge in [0.25, 0.3) is 0 Å². The number of carbonyl (C=O) groups excluding carboxylic acids is 1. The lowest BCUT2D eigenvalue weighted by Crippen LogP contribution is -2.44. The number of hydrogen-bond donors (Lipinski definition) is 3. The van der Waals surface area contributed by atoms with Crippen molar-refractivity contribution in [3.63, 3.8) is 0 Å². The maximum absolute atomic E-state index is 11.6. The maximum atomic E-state index is 11.6. The second kappa shape index (κ2) is 6.86. The van der Waals surface area contributed by atoms with E-state index in [9.17, 15) is 4.79 Å². The molecule has 1 amide bonds. The van der Waals surface area contributed by atoms with Crippen LogP contribution in [0.25, 0.3) is 0 Å². The first-order valence-corrected chi connectivity index (χ1v) is 5.92. The molecule has 0 rings (SSSR count). The van der Waals surface area contributed by atoms with Gasteiger partial charge in [-0.3, -0.25) is 4.79 Å². The molecule has 0 aliphatic heterocycles. The molecule has 96 valence electrons. The molecule has 1 atom stereocenters. The summed E-state index contributed by atoms with van der Waals surface area (Å²) in [6.07, 6.45) is 1.37. The Morgan fingerprint density at radius 2 is 2.00 bits per heavy atom. The summed E-state index contributed by atoms with van der Waals surface area (Å²) in [5.41, 5.74) is 5.68. The fourth-order valence-electron chi connectivity index (χ4n) is 1.46. The van der Waals surface area contributed by atoms with Crippen molar-refractivity contribution in [3.05, 3.63) is 0 Å². The minimum atomic E-state index is -0.426. The van der Waals surface area contributed by atoms with Crippen molar-refractivity contribution < 1.29 is 9.90 Å². The molecule has 0 unspecified atom stereocenters. The number of rotatable bonds is 7. The standard InChI is InChI=1S/C12H26N2O2/c1-9(2)7-10(13)11(16)14-8-12(3,4)5-6-15/h9-10,15H,5-8,13H2,1-4H3,(H,14,16)/t10-/m0/s1. The summed E-state index contributed by atoms with van der Waals surface area (Å²) in [6, 6.07) is -0.426. The molecule has 4 nitrogen and oxygen atoms in total. The summed E-state index contributed by atoms with van der Waals surface area (Å²) in [4.78, 5) is 11.6. The first-order valence-electron chi connectivity index (χ1n) is 5.92. The number of hydrogen-bond acceptors (Lipinski definition) is 3. The molecule has 0 heterocycles. The van der Waals surface area contributed by atoms with Crippen molar-refractivity contribution in [2.45, 2.75) is 46.6 Å². The zero-order chi connectivity index (χ0) is 12.8. The Kier molecular flexibility index (Phi) is 6.60. The van der Waals surface area contributed by atoms with E-state index < -0.39 is 6.04 Å². The van der Waals surface area contributed by atoms with E-state index >= 15 is 0 Å². The van der Waals surface area contributed by atoms with Crippen LogP contribution in [0, 0.1) is 11.3 Å². The monoisotopic (exact) mass is 230 g/mol. The molecule has 0 saturated heterocycles. The molecular weight excluding hydrogens is 204 g/mol. The molecule has 0 saturated carbocycles. The van der Waals surface area contributed by atoms with E-state index in [1.165, 1.54) is 0 Å². The van der Waals surface area contributed by atoms with Gasteiger partial charge in [0.1, 0.15) is 0 Å². The van der Waals surface area contributed by atoms with Crippen LogP contribution in [0.15, 0.2) is 0 Å². The Bertz CT molecular complexity index is 215. The number of aliphatic hydroxyl groups excluding tert-OH is 1. The van der Waals surface area contributed by atoms with Crippen molar-refractivity contribution in [1.82, 2.24) is 5.32 Å². The van der Waals surface area contributed by atoms with Gasteiger partial charge in [0.15, 0.2) is 0 Å². The molecule has 0 aliphatic carbocycles. The third kappa shape index (κ3) is 6.80. The van der Waals surface area contributed by atoms with Gasteiger partial charge in [-0.1, -0.05) is 27.7 Å². The van der Waals surface area contributed by atoms with E-state index in [0.717, 1.165) is 0 Å². The second-order valence-corrected chi connectivity index (χ2v) is 5.59. The molecule has 0 spiro atoms. The summed E-state index contributed by atoms with van der Waals surface area (Å²) in [6.45, 7) is 8.81. The zero-order valence-electron chi connectivity index (χ0n) is 10.9. The Morgan fingerprint density at radius 1 is 1.44 bits per heavy atom. The predicted octanol–water partition coefficient (Wildman–Crippen LogP) is 0.885. The van der Waals surface area contributed by atoms with Crippen LogP contribution in [0.1, 0.15) is 40.5 Å². The van der Waals surface area contributed by atoms with Gasteiger partial charge in [-0.05, 0) is 24.2 Å². The highest BCUT2D eigenvalue weighted by molar-refractivity contribution is 5.81. The molecule has 0 bridgehead atoms. The third-order valence-electron chi connectivity index (χ3n) is 2.59. The highest BCUT2D eigenvalue weighted by Gasteiger charge is 2.20. The van der Waals surface area contributed by atoms with Crippen LogP contribution in [0.3, 0.4) is 0 Å². The lowest BCUT2D eigenvalue weighted by atomic mass is 9.89. The fourth-order valence-corrected chi connectivity index (χ4v) is 1.46.